The lowest BCUT2D eigenvalue weighted by Crippen LogP contribution is -2.46. The zero-order valence-electron chi connectivity index (χ0n) is 14.0. The van der Waals surface area contributed by atoms with Crippen molar-refractivity contribution in [2.45, 2.75) is 84.3 Å². The molecule has 2 rings (SSSR count). The number of imidazole rings is 1. The standard InChI is InChI=1S/C17H28N4/c1-12(2)20-17(5,11-18)10-13(3)21-14(4)19-15-8-6-7-9-16(15)21/h12-13,20H,6-10H2,1-5H3. The van der Waals surface area contributed by atoms with Gasteiger partial charge in [0.2, 0.25) is 0 Å². The van der Waals surface area contributed by atoms with Crippen molar-refractivity contribution < 1.29 is 0 Å². The number of aromatic nitrogens is 2. The summed E-state index contributed by atoms with van der Waals surface area (Å²) >= 11 is 0. The average molecular weight is 288 g/mol. The summed E-state index contributed by atoms with van der Waals surface area (Å²) in [5.74, 6) is 1.10. The van der Waals surface area contributed by atoms with E-state index in [0.717, 1.165) is 25.1 Å². The quantitative estimate of drug-likeness (QED) is 0.904. The van der Waals surface area contributed by atoms with Crippen molar-refractivity contribution in [3.05, 3.63) is 17.2 Å². The molecule has 0 aromatic carbocycles. The first-order valence-corrected chi connectivity index (χ1v) is 8.12. The highest BCUT2D eigenvalue weighted by Crippen LogP contribution is 2.29. The largest absolute Gasteiger partial charge is 0.329 e. The van der Waals surface area contributed by atoms with Gasteiger partial charge in [0, 0.05) is 17.8 Å². The van der Waals surface area contributed by atoms with Crippen molar-refractivity contribution in [2.75, 3.05) is 0 Å². The van der Waals surface area contributed by atoms with E-state index >= 15 is 0 Å². The first-order valence-electron chi connectivity index (χ1n) is 8.12. The number of aryl methyl sites for hydroxylation is 2. The van der Waals surface area contributed by atoms with Crippen molar-refractivity contribution in [3.63, 3.8) is 0 Å². The number of rotatable bonds is 5. The highest BCUT2D eigenvalue weighted by molar-refractivity contribution is 5.21. The number of hydrogen-bond acceptors (Lipinski definition) is 3. The maximum atomic E-state index is 9.55. The second kappa shape index (κ2) is 6.19. The molecule has 0 saturated heterocycles. The Morgan fingerprint density at radius 1 is 1.33 bits per heavy atom. The normalized spacial score (nSPS) is 18.9. The van der Waals surface area contributed by atoms with E-state index in [0.29, 0.717) is 6.04 Å². The van der Waals surface area contributed by atoms with Gasteiger partial charge in [-0.05, 0) is 66.7 Å². The minimum Gasteiger partial charge on any atom is -0.329 e. The van der Waals surface area contributed by atoms with Gasteiger partial charge in [-0.3, -0.25) is 5.32 Å². The predicted molar refractivity (Wildman–Crippen MR) is 85.2 cm³/mol. The van der Waals surface area contributed by atoms with Gasteiger partial charge in [-0.15, -0.1) is 0 Å². The molecule has 1 aliphatic carbocycles. The number of hydrogen-bond donors (Lipinski definition) is 1. The summed E-state index contributed by atoms with van der Waals surface area (Å²) in [5.41, 5.74) is 2.18. The van der Waals surface area contributed by atoms with Crippen LogP contribution in [-0.2, 0) is 12.8 Å². The topological polar surface area (TPSA) is 53.6 Å². The van der Waals surface area contributed by atoms with Gasteiger partial charge in [0.25, 0.3) is 0 Å². The fourth-order valence-corrected chi connectivity index (χ4v) is 3.74. The van der Waals surface area contributed by atoms with Crippen LogP contribution in [0.2, 0.25) is 0 Å². The number of fused-ring (bicyclic) bond motifs is 1. The molecule has 0 radical (unpaired) electrons. The van der Waals surface area contributed by atoms with Crippen LogP contribution in [-0.4, -0.2) is 21.1 Å². The van der Waals surface area contributed by atoms with Crippen LogP contribution >= 0.6 is 0 Å². The molecule has 1 aromatic rings. The Hall–Kier alpha value is -1.34. The molecule has 0 fully saturated rings. The van der Waals surface area contributed by atoms with Gasteiger partial charge in [-0.2, -0.15) is 5.26 Å². The highest BCUT2D eigenvalue weighted by Gasteiger charge is 2.30. The van der Waals surface area contributed by atoms with Crippen molar-refractivity contribution in [2.24, 2.45) is 0 Å². The lowest BCUT2D eigenvalue weighted by molar-refractivity contribution is 0.320. The lowest BCUT2D eigenvalue weighted by Gasteiger charge is -2.30. The Labute approximate surface area is 128 Å². The highest BCUT2D eigenvalue weighted by atomic mass is 15.1. The van der Waals surface area contributed by atoms with Crippen LogP contribution in [0.25, 0.3) is 0 Å². The van der Waals surface area contributed by atoms with Gasteiger partial charge in [0.05, 0.1) is 11.8 Å². The molecule has 1 heterocycles. The van der Waals surface area contributed by atoms with Gasteiger partial charge >= 0.3 is 0 Å². The maximum Gasteiger partial charge on any atom is 0.106 e. The molecule has 116 valence electrons. The monoisotopic (exact) mass is 288 g/mol. The van der Waals surface area contributed by atoms with E-state index in [4.69, 9.17) is 4.98 Å². The molecular weight excluding hydrogens is 260 g/mol. The maximum absolute atomic E-state index is 9.55. The van der Waals surface area contributed by atoms with Crippen LogP contribution in [0.3, 0.4) is 0 Å². The predicted octanol–water partition coefficient (Wildman–Crippen LogP) is 3.30. The van der Waals surface area contributed by atoms with E-state index in [1.165, 1.54) is 24.2 Å². The van der Waals surface area contributed by atoms with E-state index in [9.17, 15) is 5.26 Å². The number of nitrogens with one attached hydrogen (secondary N) is 1. The minimum atomic E-state index is -0.494. The summed E-state index contributed by atoms with van der Waals surface area (Å²) in [4.78, 5) is 4.75. The van der Waals surface area contributed by atoms with Crippen molar-refractivity contribution >= 4 is 0 Å². The van der Waals surface area contributed by atoms with Crippen molar-refractivity contribution in [1.29, 1.82) is 5.26 Å². The van der Waals surface area contributed by atoms with E-state index in [1.807, 2.05) is 6.92 Å². The molecule has 0 bridgehead atoms. The molecule has 1 aliphatic rings. The second-order valence-corrected chi connectivity index (χ2v) is 6.93. The molecular formula is C17H28N4. The zero-order chi connectivity index (χ0) is 15.6. The van der Waals surface area contributed by atoms with Crippen LogP contribution in [0.5, 0.6) is 0 Å². The minimum absolute atomic E-state index is 0.287. The van der Waals surface area contributed by atoms with Crippen molar-refractivity contribution in [3.8, 4) is 6.07 Å². The molecule has 1 aromatic heterocycles. The molecule has 4 nitrogen and oxygen atoms in total. The molecule has 2 unspecified atom stereocenters. The molecule has 0 aliphatic heterocycles. The Bertz CT molecular complexity index is 538. The second-order valence-electron chi connectivity index (χ2n) is 6.93. The van der Waals surface area contributed by atoms with E-state index in [1.54, 1.807) is 0 Å². The fraction of sp³-hybridized carbons (Fsp3) is 0.765. The molecule has 2 atom stereocenters. The van der Waals surface area contributed by atoms with Gasteiger partial charge in [0.15, 0.2) is 0 Å². The van der Waals surface area contributed by atoms with Crippen molar-refractivity contribution in [1.82, 2.24) is 14.9 Å². The SMILES string of the molecule is Cc1nc2c(n1C(C)CC(C)(C#N)NC(C)C)CCCC2. The van der Waals surface area contributed by atoms with Crippen LogP contribution in [0.4, 0.5) is 0 Å². The smallest absolute Gasteiger partial charge is 0.106 e. The molecule has 0 saturated carbocycles. The molecule has 0 amide bonds. The van der Waals surface area contributed by atoms with Crippen LogP contribution in [0, 0.1) is 18.3 Å². The Balaban J connectivity index is 2.22. The molecule has 4 heteroatoms. The Kier molecular flexibility index (Phi) is 4.73. The molecule has 1 N–H and O–H groups in total. The lowest BCUT2D eigenvalue weighted by atomic mass is 9.93. The number of nitrogens with zero attached hydrogens (tertiary/aromatic N) is 3. The zero-order valence-corrected chi connectivity index (χ0v) is 14.0. The van der Waals surface area contributed by atoms with Crippen LogP contribution in [0.15, 0.2) is 0 Å². The summed E-state index contributed by atoms with van der Waals surface area (Å²) in [6.07, 6.45) is 5.54. The van der Waals surface area contributed by atoms with Gasteiger partial charge in [-0.25, -0.2) is 4.98 Å². The van der Waals surface area contributed by atoms with Gasteiger partial charge in [0.1, 0.15) is 11.4 Å². The summed E-state index contributed by atoms with van der Waals surface area (Å²) in [5, 5.41) is 13.0. The Morgan fingerprint density at radius 3 is 2.62 bits per heavy atom. The van der Waals surface area contributed by atoms with Crippen LogP contribution < -0.4 is 5.32 Å². The molecule has 0 spiro atoms. The summed E-state index contributed by atoms with van der Waals surface area (Å²) in [6.45, 7) is 10.5. The average Bonchev–Trinajstić information content (AvgIpc) is 2.73. The van der Waals surface area contributed by atoms with E-state index < -0.39 is 5.54 Å². The molecule has 21 heavy (non-hydrogen) atoms. The van der Waals surface area contributed by atoms with E-state index in [2.05, 4.69) is 43.6 Å². The third-order valence-corrected chi connectivity index (χ3v) is 4.34. The summed E-state index contributed by atoms with van der Waals surface area (Å²) in [7, 11) is 0. The third-order valence-electron chi connectivity index (χ3n) is 4.34. The Morgan fingerprint density at radius 2 is 2.00 bits per heavy atom. The van der Waals surface area contributed by atoms with Gasteiger partial charge in [-0.1, -0.05) is 0 Å². The summed E-state index contributed by atoms with van der Waals surface area (Å²) < 4.78 is 2.37. The first-order chi connectivity index (χ1) is 9.86. The third kappa shape index (κ3) is 3.47. The van der Waals surface area contributed by atoms with Crippen LogP contribution in [0.1, 0.15) is 70.2 Å². The van der Waals surface area contributed by atoms with E-state index in [-0.39, 0.29) is 6.04 Å². The van der Waals surface area contributed by atoms with Gasteiger partial charge < -0.3 is 4.57 Å². The number of nitriles is 1. The fourth-order valence-electron chi connectivity index (χ4n) is 3.74. The first kappa shape index (κ1) is 16.0. The summed E-state index contributed by atoms with van der Waals surface area (Å²) in [6, 6.07) is 3.05.